The van der Waals surface area contributed by atoms with Crippen LogP contribution in [0.4, 0.5) is 0 Å². The molecule has 4 rings (SSSR count). The van der Waals surface area contributed by atoms with Crippen LogP contribution in [0.15, 0.2) is 45.9 Å². The van der Waals surface area contributed by atoms with Gasteiger partial charge >= 0.3 is 5.97 Å². The number of nitrogens with zero attached hydrogens (tertiary/aromatic N) is 4. The molecule has 0 fully saturated rings. The maximum atomic E-state index is 12.4. The highest BCUT2D eigenvalue weighted by molar-refractivity contribution is 7.98. The average molecular weight is 386 g/mol. The number of fused-ring (bicyclic) bond motifs is 2. The molecule has 9 heteroatoms. The van der Waals surface area contributed by atoms with Crippen molar-refractivity contribution < 1.29 is 9.53 Å². The Morgan fingerprint density at radius 1 is 1.35 bits per heavy atom. The van der Waals surface area contributed by atoms with Gasteiger partial charge in [-0.05, 0) is 23.6 Å². The second-order valence-electron chi connectivity index (χ2n) is 5.56. The molecule has 4 aromatic rings. The number of methoxy groups -OCH3 is 1. The van der Waals surface area contributed by atoms with E-state index in [1.165, 1.54) is 30.2 Å². The lowest BCUT2D eigenvalue weighted by Gasteiger charge is -2.05. The largest absolute Gasteiger partial charge is 0.465 e. The van der Waals surface area contributed by atoms with Crippen molar-refractivity contribution in [1.29, 1.82) is 0 Å². The number of carbonyl (C=O) groups is 1. The normalized spacial score (nSPS) is 11.3. The van der Waals surface area contributed by atoms with Crippen molar-refractivity contribution in [3.8, 4) is 0 Å². The van der Waals surface area contributed by atoms with E-state index in [9.17, 15) is 9.59 Å². The average Bonchev–Trinajstić information content (AvgIpc) is 3.28. The molecule has 0 spiro atoms. The number of carbonyl (C=O) groups excluding carboxylic acids is 1. The number of imidazole rings is 1. The van der Waals surface area contributed by atoms with Crippen LogP contribution in [0.1, 0.15) is 16.1 Å². The summed E-state index contributed by atoms with van der Waals surface area (Å²) in [6, 6.07) is 5.30. The van der Waals surface area contributed by atoms with Gasteiger partial charge in [0.05, 0.1) is 18.3 Å². The van der Waals surface area contributed by atoms with Gasteiger partial charge in [-0.15, -0.1) is 11.3 Å². The van der Waals surface area contributed by atoms with E-state index in [2.05, 4.69) is 9.97 Å². The predicted octanol–water partition coefficient (Wildman–Crippen LogP) is 2.72. The molecule has 0 N–H and O–H groups in total. The van der Waals surface area contributed by atoms with Crippen LogP contribution in [0.2, 0.25) is 0 Å². The number of thioether (sulfide) groups is 1. The van der Waals surface area contributed by atoms with Gasteiger partial charge in [0.1, 0.15) is 10.3 Å². The number of hydrogen-bond donors (Lipinski definition) is 0. The highest BCUT2D eigenvalue weighted by Gasteiger charge is 2.15. The lowest BCUT2D eigenvalue weighted by atomic mass is 10.3. The van der Waals surface area contributed by atoms with Crippen molar-refractivity contribution in [2.24, 2.45) is 7.05 Å². The van der Waals surface area contributed by atoms with Gasteiger partial charge in [-0.25, -0.2) is 14.8 Å². The fourth-order valence-electron chi connectivity index (χ4n) is 2.64. The van der Waals surface area contributed by atoms with Crippen molar-refractivity contribution in [2.45, 2.75) is 10.9 Å². The van der Waals surface area contributed by atoms with E-state index in [-0.39, 0.29) is 5.56 Å². The van der Waals surface area contributed by atoms with Crippen LogP contribution >= 0.6 is 23.1 Å². The quantitative estimate of drug-likeness (QED) is 0.305. The van der Waals surface area contributed by atoms with Gasteiger partial charge in [-0.1, -0.05) is 11.8 Å². The Bertz CT molecular complexity index is 1190. The molecule has 0 atom stereocenters. The standard InChI is InChI=1S/C17H14N4O3S2/c1-20-15(22)13-12(5-7-25-13)19-17(20)26-9-10-8-21-6-3-4-11(14(21)18-10)16(23)24-2/h3-8H,9H2,1-2H3. The van der Waals surface area contributed by atoms with E-state index in [0.717, 1.165) is 5.69 Å². The zero-order valence-corrected chi connectivity index (χ0v) is 15.6. The zero-order chi connectivity index (χ0) is 18.3. The summed E-state index contributed by atoms with van der Waals surface area (Å²) in [7, 11) is 3.06. The van der Waals surface area contributed by atoms with Crippen molar-refractivity contribution in [3.05, 3.63) is 57.6 Å². The maximum Gasteiger partial charge on any atom is 0.341 e. The molecular weight excluding hydrogens is 372 g/mol. The van der Waals surface area contributed by atoms with Crippen molar-refractivity contribution in [1.82, 2.24) is 18.9 Å². The van der Waals surface area contributed by atoms with Gasteiger partial charge in [0.2, 0.25) is 0 Å². The lowest BCUT2D eigenvalue weighted by Crippen LogP contribution is -2.18. The maximum absolute atomic E-state index is 12.4. The third kappa shape index (κ3) is 2.78. The minimum atomic E-state index is -0.424. The number of pyridine rings is 1. The predicted molar refractivity (Wildman–Crippen MR) is 101 cm³/mol. The van der Waals surface area contributed by atoms with Gasteiger partial charge in [-0.2, -0.15) is 0 Å². The first kappa shape index (κ1) is 16.8. The summed E-state index contributed by atoms with van der Waals surface area (Å²) in [6.07, 6.45) is 3.68. The number of rotatable bonds is 4. The second-order valence-corrected chi connectivity index (χ2v) is 7.42. The monoisotopic (exact) mass is 386 g/mol. The van der Waals surface area contributed by atoms with E-state index >= 15 is 0 Å². The molecule has 0 aliphatic heterocycles. The first-order chi connectivity index (χ1) is 12.6. The summed E-state index contributed by atoms with van der Waals surface area (Å²) in [6.45, 7) is 0. The van der Waals surface area contributed by atoms with Crippen LogP contribution < -0.4 is 5.56 Å². The molecule has 0 unspecified atom stereocenters. The third-order valence-electron chi connectivity index (χ3n) is 3.93. The van der Waals surface area contributed by atoms with Gasteiger partial charge < -0.3 is 9.14 Å². The fourth-order valence-corrected chi connectivity index (χ4v) is 4.30. The van der Waals surface area contributed by atoms with Gasteiger partial charge in [0.15, 0.2) is 10.8 Å². The van der Waals surface area contributed by atoms with Crippen LogP contribution in [0.25, 0.3) is 15.9 Å². The first-order valence-corrected chi connectivity index (χ1v) is 9.57. The van der Waals surface area contributed by atoms with E-state index in [4.69, 9.17) is 4.74 Å². The topological polar surface area (TPSA) is 78.5 Å². The first-order valence-electron chi connectivity index (χ1n) is 7.70. The minimum Gasteiger partial charge on any atom is -0.465 e. The molecule has 0 saturated heterocycles. The van der Waals surface area contributed by atoms with E-state index < -0.39 is 5.97 Å². The van der Waals surface area contributed by atoms with Gasteiger partial charge in [0, 0.05) is 25.2 Å². The van der Waals surface area contributed by atoms with Crippen LogP contribution in [0, 0.1) is 0 Å². The Morgan fingerprint density at radius 2 is 2.19 bits per heavy atom. The summed E-state index contributed by atoms with van der Waals surface area (Å²) in [5.41, 5.74) is 2.41. The third-order valence-corrected chi connectivity index (χ3v) is 5.89. The Balaban J connectivity index is 1.65. The van der Waals surface area contributed by atoms with Crippen LogP contribution in [-0.4, -0.2) is 32.0 Å². The molecule has 0 aliphatic carbocycles. The number of esters is 1. The fraction of sp³-hybridized carbons (Fsp3) is 0.176. The van der Waals surface area contributed by atoms with E-state index in [0.29, 0.717) is 32.3 Å². The second kappa shape index (κ2) is 6.58. The molecule has 0 amide bonds. The molecule has 0 aromatic carbocycles. The summed E-state index contributed by atoms with van der Waals surface area (Å²) < 4.78 is 8.80. The molecule has 7 nitrogen and oxygen atoms in total. The minimum absolute atomic E-state index is 0.0459. The summed E-state index contributed by atoms with van der Waals surface area (Å²) in [5, 5.41) is 2.50. The highest BCUT2D eigenvalue weighted by Crippen LogP contribution is 2.23. The van der Waals surface area contributed by atoms with Crippen LogP contribution in [0.3, 0.4) is 0 Å². The number of ether oxygens (including phenoxy) is 1. The molecule has 132 valence electrons. The summed E-state index contributed by atoms with van der Waals surface area (Å²) >= 11 is 2.83. The van der Waals surface area contributed by atoms with Crippen molar-refractivity contribution >= 4 is 44.9 Å². The molecule has 26 heavy (non-hydrogen) atoms. The molecule has 0 saturated carbocycles. The molecule has 0 radical (unpaired) electrons. The van der Waals surface area contributed by atoms with Gasteiger partial charge in [-0.3, -0.25) is 9.36 Å². The Hall–Kier alpha value is -2.65. The number of thiophene rings is 1. The number of aromatic nitrogens is 4. The Labute approximate surface area is 156 Å². The summed E-state index contributed by atoms with van der Waals surface area (Å²) in [4.78, 5) is 33.3. The van der Waals surface area contributed by atoms with Crippen LogP contribution in [-0.2, 0) is 17.5 Å². The molecule has 4 aromatic heterocycles. The molecule has 0 aliphatic rings. The Kier molecular flexibility index (Phi) is 4.25. The van der Waals surface area contributed by atoms with Crippen LogP contribution in [0.5, 0.6) is 0 Å². The lowest BCUT2D eigenvalue weighted by molar-refractivity contribution is 0.0602. The van der Waals surface area contributed by atoms with Crippen molar-refractivity contribution in [3.63, 3.8) is 0 Å². The Morgan fingerprint density at radius 3 is 3.00 bits per heavy atom. The molecule has 4 heterocycles. The molecule has 0 bridgehead atoms. The highest BCUT2D eigenvalue weighted by atomic mass is 32.2. The van der Waals surface area contributed by atoms with E-state index in [1.807, 2.05) is 23.8 Å². The summed E-state index contributed by atoms with van der Waals surface area (Å²) in [5.74, 6) is 0.102. The SMILES string of the molecule is COC(=O)c1cccn2cc(CSc3nc4ccsc4c(=O)n3C)nc12. The van der Waals surface area contributed by atoms with Crippen molar-refractivity contribution in [2.75, 3.05) is 7.11 Å². The zero-order valence-electron chi connectivity index (χ0n) is 14.0. The van der Waals surface area contributed by atoms with Gasteiger partial charge in [0.25, 0.3) is 5.56 Å². The van der Waals surface area contributed by atoms with E-state index in [1.54, 1.807) is 28.1 Å². The smallest absolute Gasteiger partial charge is 0.341 e. The molecular formula is C17H14N4O3S2. The number of hydrogen-bond acceptors (Lipinski definition) is 7.